The number of nitrogens with one attached hydrogen (secondary N) is 1. The Hall–Kier alpha value is -0.410. The van der Waals surface area contributed by atoms with Gasteiger partial charge in [-0.2, -0.15) is 0 Å². The van der Waals surface area contributed by atoms with Crippen LogP contribution in [-0.4, -0.2) is 31.6 Å². The molecule has 1 atom stereocenters. The van der Waals surface area contributed by atoms with Crippen LogP contribution >= 0.6 is 0 Å². The first-order chi connectivity index (χ1) is 7.84. The Balaban J connectivity index is 1.43. The number of rotatable bonds is 8. The Bertz CT molecular complexity index is 220. The van der Waals surface area contributed by atoms with E-state index in [1.165, 1.54) is 25.7 Å². The maximum atomic E-state index is 11.5. The number of carbonyl (C=O) groups excluding carboxylic acids is 1. The predicted molar refractivity (Wildman–Crippen MR) is 63.4 cm³/mol. The molecule has 3 nitrogen and oxygen atoms in total. The van der Waals surface area contributed by atoms with Crippen LogP contribution < -0.4 is 5.32 Å². The van der Waals surface area contributed by atoms with E-state index >= 15 is 0 Å². The molecule has 1 saturated carbocycles. The highest BCUT2D eigenvalue weighted by Gasteiger charge is 2.20. The van der Waals surface area contributed by atoms with E-state index in [1.54, 1.807) is 0 Å². The monoisotopic (exact) mass is 225 g/mol. The summed E-state index contributed by atoms with van der Waals surface area (Å²) in [7, 11) is 0. The Kier molecular flexibility index (Phi) is 4.79. The Morgan fingerprint density at radius 2 is 2.19 bits per heavy atom. The van der Waals surface area contributed by atoms with Crippen LogP contribution in [0, 0.1) is 5.92 Å². The number of hydrogen-bond donors (Lipinski definition) is 1. The maximum absolute atomic E-state index is 11.5. The zero-order chi connectivity index (χ0) is 11.2. The maximum Gasteiger partial charge on any atom is 0.146 e. The second-order valence-corrected chi connectivity index (χ2v) is 5.14. The molecule has 1 unspecified atom stereocenters. The summed E-state index contributed by atoms with van der Waals surface area (Å²) < 4.78 is 5.53. The first-order valence-electron chi connectivity index (χ1n) is 6.68. The molecule has 1 aliphatic carbocycles. The number of ether oxygens (including phenoxy) is 1. The van der Waals surface area contributed by atoms with Crippen LogP contribution in [0.5, 0.6) is 0 Å². The number of Topliss-reactive ketones (excluding diaryl/α,β-unsaturated/α-hetero) is 1. The second kappa shape index (κ2) is 6.36. The molecule has 1 N–H and O–H groups in total. The van der Waals surface area contributed by atoms with Crippen molar-refractivity contribution in [1.82, 2.24) is 5.32 Å². The molecule has 1 heterocycles. The molecule has 0 spiro atoms. The lowest BCUT2D eigenvalue weighted by Crippen LogP contribution is -2.24. The van der Waals surface area contributed by atoms with Crippen molar-refractivity contribution < 1.29 is 9.53 Å². The van der Waals surface area contributed by atoms with Gasteiger partial charge in [-0.3, -0.25) is 4.79 Å². The summed E-state index contributed by atoms with van der Waals surface area (Å²) in [6.45, 7) is 2.53. The topological polar surface area (TPSA) is 38.3 Å². The van der Waals surface area contributed by atoms with Crippen LogP contribution in [-0.2, 0) is 9.53 Å². The minimum Gasteiger partial charge on any atom is -0.378 e. The summed E-state index contributed by atoms with van der Waals surface area (Å²) in [5, 5.41) is 3.24. The quantitative estimate of drug-likeness (QED) is 0.685. The molecule has 0 bridgehead atoms. The van der Waals surface area contributed by atoms with Crippen molar-refractivity contribution in [3.63, 3.8) is 0 Å². The molecular weight excluding hydrogens is 202 g/mol. The molecule has 2 rings (SSSR count). The van der Waals surface area contributed by atoms with E-state index in [2.05, 4.69) is 5.32 Å². The third kappa shape index (κ3) is 4.62. The van der Waals surface area contributed by atoms with Crippen LogP contribution in [0.3, 0.4) is 0 Å². The van der Waals surface area contributed by atoms with Gasteiger partial charge >= 0.3 is 0 Å². The first-order valence-corrected chi connectivity index (χ1v) is 6.68. The van der Waals surface area contributed by atoms with Crippen molar-refractivity contribution in [2.24, 2.45) is 5.92 Å². The minimum atomic E-state index is 0.360. The standard InChI is InChI=1S/C13H23NO2/c15-12(10-14-9-11-6-7-11)3-1-4-13-5-2-8-16-13/h11,13-14H,1-10H2. The van der Waals surface area contributed by atoms with Gasteiger partial charge in [-0.05, 0) is 51.0 Å². The van der Waals surface area contributed by atoms with Gasteiger partial charge in [-0.1, -0.05) is 0 Å². The molecule has 0 radical (unpaired) electrons. The molecule has 1 aliphatic heterocycles. The summed E-state index contributed by atoms with van der Waals surface area (Å²) in [6, 6.07) is 0. The minimum absolute atomic E-state index is 0.360. The number of ketones is 1. The molecule has 0 aromatic heterocycles. The van der Waals surface area contributed by atoms with Gasteiger partial charge in [-0.25, -0.2) is 0 Å². The summed E-state index contributed by atoms with van der Waals surface area (Å²) in [5.74, 6) is 1.22. The Morgan fingerprint density at radius 3 is 2.88 bits per heavy atom. The summed E-state index contributed by atoms with van der Waals surface area (Å²) in [4.78, 5) is 11.5. The number of hydrogen-bond acceptors (Lipinski definition) is 3. The summed E-state index contributed by atoms with van der Waals surface area (Å²) >= 11 is 0. The van der Waals surface area contributed by atoms with Crippen molar-refractivity contribution in [1.29, 1.82) is 0 Å². The van der Waals surface area contributed by atoms with E-state index in [-0.39, 0.29) is 0 Å². The molecule has 0 aromatic rings. The van der Waals surface area contributed by atoms with Gasteiger partial charge in [0.2, 0.25) is 0 Å². The van der Waals surface area contributed by atoms with E-state index in [0.29, 0.717) is 18.4 Å². The van der Waals surface area contributed by atoms with Gasteiger partial charge in [0.25, 0.3) is 0 Å². The van der Waals surface area contributed by atoms with Gasteiger partial charge < -0.3 is 10.1 Å². The SMILES string of the molecule is O=C(CCCC1CCCO1)CNCC1CC1. The van der Waals surface area contributed by atoms with Crippen LogP contribution in [0.15, 0.2) is 0 Å². The zero-order valence-corrected chi connectivity index (χ0v) is 10.0. The average Bonchev–Trinajstić information content (AvgIpc) is 2.94. The average molecular weight is 225 g/mol. The Morgan fingerprint density at radius 1 is 1.31 bits per heavy atom. The van der Waals surface area contributed by atoms with Crippen LogP contribution in [0.1, 0.15) is 44.9 Å². The van der Waals surface area contributed by atoms with Crippen molar-refractivity contribution in [2.75, 3.05) is 19.7 Å². The van der Waals surface area contributed by atoms with Crippen molar-refractivity contribution in [2.45, 2.75) is 51.0 Å². The fourth-order valence-corrected chi connectivity index (χ4v) is 2.22. The molecule has 16 heavy (non-hydrogen) atoms. The van der Waals surface area contributed by atoms with E-state index < -0.39 is 0 Å². The molecule has 2 fully saturated rings. The normalized spacial score (nSPS) is 24.9. The van der Waals surface area contributed by atoms with E-state index in [0.717, 1.165) is 38.3 Å². The second-order valence-electron chi connectivity index (χ2n) is 5.14. The van der Waals surface area contributed by atoms with Gasteiger partial charge in [0.05, 0.1) is 12.6 Å². The fraction of sp³-hybridized carbons (Fsp3) is 0.923. The van der Waals surface area contributed by atoms with Crippen LogP contribution in [0.25, 0.3) is 0 Å². The van der Waals surface area contributed by atoms with Crippen LogP contribution in [0.4, 0.5) is 0 Å². The third-order valence-corrected chi connectivity index (χ3v) is 3.46. The first kappa shape index (κ1) is 12.1. The van der Waals surface area contributed by atoms with Crippen molar-refractivity contribution >= 4 is 5.78 Å². The lowest BCUT2D eigenvalue weighted by Gasteiger charge is -2.08. The highest BCUT2D eigenvalue weighted by atomic mass is 16.5. The molecule has 92 valence electrons. The van der Waals surface area contributed by atoms with Crippen molar-refractivity contribution in [3.8, 4) is 0 Å². The summed E-state index contributed by atoms with van der Waals surface area (Å²) in [6.07, 6.45) is 8.29. The lowest BCUT2D eigenvalue weighted by molar-refractivity contribution is -0.118. The predicted octanol–water partition coefficient (Wildman–Crippen LogP) is 1.90. The smallest absolute Gasteiger partial charge is 0.146 e. The summed E-state index contributed by atoms with van der Waals surface area (Å²) in [5.41, 5.74) is 0. The van der Waals surface area contributed by atoms with Crippen molar-refractivity contribution in [3.05, 3.63) is 0 Å². The third-order valence-electron chi connectivity index (χ3n) is 3.46. The van der Waals surface area contributed by atoms with Gasteiger partial charge in [0.1, 0.15) is 5.78 Å². The largest absolute Gasteiger partial charge is 0.378 e. The van der Waals surface area contributed by atoms with E-state index in [4.69, 9.17) is 4.74 Å². The van der Waals surface area contributed by atoms with Gasteiger partial charge in [-0.15, -0.1) is 0 Å². The molecule has 1 saturated heterocycles. The fourth-order valence-electron chi connectivity index (χ4n) is 2.22. The number of carbonyl (C=O) groups is 1. The van der Waals surface area contributed by atoms with Crippen LogP contribution in [0.2, 0.25) is 0 Å². The zero-order valence-electron chi connectivity index (χ0n) is 10.0. The molecule has 2 aliphatic rings. The Labute approximate surface area is 97.9 Å². The van der Waals surface area contributed by atoms with Gasteiger partial charge in [0.15, 0.2) is 0 Å². The highest BCUT2D eigenvalue weighted by Crippen LogP contribution is 2.27. The molecular formula is C13H23NO2. The van der Waals surface area contributed by atoms with Gasteiger partial charge in [0, 0.05) is 13.0 Å². The highest BCUT2D eigenvalue weighted by molar-refractivity contribution is 5.80. The van der Waals surface area contributed by atoms with E-state index in [9.17, 15) is 4.79 Å². The molecule has 3 heteroatoms. The molecule has 0 amide bonds. The van der Waals surface area contributed by atoms with E-state index in [1.807, 2.05) is 0 Å². The lowest BCUT2D eigenvalue weighted by atomic mass is 10.1. The molecule has 0 aromatic carbocycles.